The van der Waals surface area contributed by atoms with Crippen molar-refractivity contribution in [3.63, 3.8) is 0 Å². The summed E-state index contributed by atoms with van der Waals surface area (Å²) >= 11 is 0. The molecule has 0 aliphatic carbocycles. The van der Waals surface area contributed by atoms with Crippen LogP contribution in [0.1, 0.15) is 23.2 Å². The summed E-state index contributed by atoms with van der Waals surface area (Å²) in [7, 11) is 1.50. The highest BCUT2D eigenvalue weighted by Crippen LogP contribution is 2.25. The Labute approximate surface area is 144 Å². The largest absolute Gasteiger partial charge is 0.322 e. The molecular weight excluding hydrogens is 328 g/mol. The standard InChI is InChI=1S/C17H17F2N5O/c1-3-8-24(10-13-6-4-12(9-20)5-7-13)17(25)21-14-11-23(2)22-15(14)16(18)19/h3-7,11,16H,1,8,10H2,2H3,(H,21,25). The molecule has 25 heavy (non-hydrogen) atoms. The van der Waals surface area contributed by atoms with Gasteiger partial charge in [-0.2, -0.15) is 10.4 Å². The van der Waals surface area contributed by atoms with E-state index in [2.05, 4.69) is 17.0 Å². The molecule has 0 radical (unpaired) electrons. The molecule has 1 N–H and O–H groups in total. The van der Waals surface area contributed by atoms with E-state index in [1.54, 1.807) is 30.3 Å². The quantitative estimate of drug-likeness (QED) is 0.815. The lowest BCUT2D eigenvalue weighted by Gasteiger charge is -2.21. The molecule has 0 aliphatic rings. The number of nitrogens with one attached hydrogen (secondary N) is 1. The summed E-state index contributed by atoms with van der Waals surface area (Å²) in [4.78, 5) is 13.9. The van der Waals surface area contributed by atoms with Gasteiger partial charge >= 0.3 is 6.03 Å². The van der Waals surface area contributed by atoms with Gasteiger partial charge in [-0.1, -0.05) is 18.2 Å². The van der Waals surface area contributed by atoms with Gasteiger partial charge in [0.25, 0.3) is 6.43 Å². The number of halogens is 2. The number of carbonyl (C=O) groups is 1. The number of hydrogen-bond donors (Lipinski definition) is 1. The first-order valence-electron chi connectivity index (χ1n) is 7.42. The summed E-state index contributed by atoms with van der Waals surface area (Å²) in [5.41, 5.74) is 0.806. The summed E-state index contributed by atoms with van der Waals surface area (Å²) in [5, 5.41) is 14.9. The van der Waals surface area contributed by atoms with Crippen LogP contribution in [0.15, 0.2) is 43.1 Å². The van der Waals surface area contributed by atoms with Gasteiger partial charge in [0.15, 0.2) is 5.69 Å². The Balaban J connectivity index is 2.14. The second-order valence-electron chi connectivity index (χ2n) is 5.31. The van der Waals surface area contributed by atoms with Gasteiger partial charge in [0, 0.05) is 26.3 Å². The maximum atomic E-state index is 13.0. The van der Waals surface area contributed by atoms with Crippen molar-refractivity contribution >= 4 is 11.7 Å². The number of aryl methyl sites for hydroxylation is 1. The molecule has 2 aromatic rings. The second-order valence-corrected chi connectivity index (χ2v) is 5.31. The molecule has 2 amide bonds. The Kier molecular flexibility index (Phi) is 5.84. The molecule has 0 fully saturated rings. The first kappa shape index (κ1) is 18.1. The highest BCUT2D eigenvalue weighted by Gasteiger charge is 2.21. The number of benzene rings is 1. The number of alkyl halides is 2. The van der Waals surface area contributed by atoms with Crippen LogP contribution in [0.4, 0.5) is 19.3 Å². The van der Waals surface area contributed by atoms with Crippen molar-refractivity contribution in [1.29, 1.82) is 5.26 Å². The fraction of sp³-hybridized carbons (Fsp3) is 0.235. The molecule has 0 unspecified atom stereocenters. The van der Waals surface area contributed by atoms with Gasteiger partial charge in [0.05, 0.1) is 17.3 Å². The molecule has 130 valence electrons. The molecule has 0 aliphatic heterocycles. The lowest BCUT2D eigenvalue weighted by atomic mass is 10.1. The molecule has 1 aromatic heterocycles. The first-order valence-corrected chi connectivity index (χ1v) is 7.42. The van der Waals surface area contributed by atoms with Gasteiger partial charge < -0.3 is 10.2 Å². The van der Waals surface area contributed by atoms with Crippen molar-refractivity contribution in [3.8, 4) is 6.07 Å². The number of amides is 2. The Hall–Kier alpha value is -3.21. The SMILES string of the molecule is C=CCN(Cc1ccc(C#N)cc1)C(=O)Nc1cn(C)nc1C(F)F. The van der Waals surface area contributed by atoms with Crippen molar-refractivity contribution < 1.29 is 13.6 Å². The van der Waals surface area contributed by atoms with Crippen molar-refractivity contribution in [2.75, 3.05) is 11.9 Å². The number of nitrogens with zero attached hydrogens (tertiary/aromatic N) is 4. The average Bonchev–Trinajstić information content (AvgIpc) is 2.95. The molecule has 0 saturated carbocycles. The van der Waals surface area contributed by atoms with E-state index >= 15 is 0 Å². The maximum absolute atomic E-state index is 13.0. The number of rotatable bonds is 6. The smallest absolute Gasteiger partial charge is 0.316 e. The van der Waals surface area contributed by atoms with E-state index in [4.69, 9.17) is 5.26 Å². The van der Waals surface area contributed by atoms with Crippen LogP contribution in [0.2, 0.25) is 0 Å². The fourth-order valence-corrected chi connectivity index (χ4v) is 2.24. The molecular formula is C17H17F2N5O. The molecule has 0 atom stereocenters. The van der Waals surface area contributed by atoms with Crippen molar-refractivity contribution in [2.24, 2.45) is 7.05 Å². The average molecular weight is 345 g/mol. The van der Waals surface area contributed by atoms with Crippen LogP contribution in [0.5, 0.6) is 0 Å². The highest BCUT2D eigenvalue weighted by molar-refractivity contribution is 5.90. The Bertz CT molecular complexity index is 792. The van der Waals surface area contributed by atoms with Gasteiger partial charge in [-0.3, -0.25) is 4.68 Å². The molecule has 0 bridgehead atoms. The molecule has 1 aromatic carbocycles. The number of nitriles is 1. The van der Waals surface area contributed by atoms with Crippen LogP contribution in [0, 0.1) is 11.3 Å². The molecule has 8 heteroatoms. The van der Waals surface area contributed by atoms with Crippen LogP contribution in [0.25, 0.3) is 0 Å². The number of hydrogen-bond acceptors (Lipinski definition) is 3. The van der Waals surface area contributed by atoms with E-state index in [1.165, 1.54) is 22.8 Å². The highest BCUT2D eigenvalue weighted by atomic mass is 19.3. The zero-order valence-corrected chi connectivity index (χ0v) is 13.6. The first-order chi connectivity index (χ1) is 11.9. The summed E-state index contributed by atoms with van der Waals surface area (Å²) in [6.07, 6.45) is 0.0797. The van der Waals surface area contributed by atoms with E-state index in [0.717, 1.165) is 5.56 Å². The topological polar surface area (TPSA) is 74.0 Å². The Morgan fingerprint density at radius 1 is 1.48 bits per heavy atom. The summed E-state index contributed by atoms with van der Waals surface area (Å²) in [6.45, 7) is 4.08. The predicted octanol–water partition coefficient (Wildman–Crippen LogP) is 3.45. The van der Waals surface area contributed by atoms with Crippen LogP contribution in [-0.2, 0) is 13.6 Å². The lowest BCUT2D eigenvalue weighted by Crippen LogP contribution is -2.34. The fourth-order valence-electron chi connectivity index (χ4n) is 2.24. The van der Waals surface area contributed by atoms with Gasteiger partial charge in [0.2, 0.25) is 0 Å². The maximum Gasteiger partial charge on any atom is 0.322 e. The third-order valence-electron chi connectivity index (χ3n) is 3.40. The van der Waals surface area contributed by atoms with Crippen LogP contribution >= 0.6 is 0 Å². The summed E-state index contributed by atoms with van der Waals surface area (Å²) in [6, 6.07) is 8.24. The van der Waals surface area contributed by atoms with Gasteiger partial charge in [-0.05, 0) is 17.7 Å². The number of carbonyl (C=O) groups excluding carboxylic acids is 1. The number of anilines is 1. The molecule has 0 spiro atoms. The van der Waals surface area contributed by atoms with Crippen LogP contribution in [0.3, 0.4) is 0 Å². The van der Waals surface area contributed by atoms with Gasteiger partial charge in [0.1, 0.15) is 0 Å². The van der Waals surface area contributed by atoms with Crippen molar-refractivity contribution in [1.82, 2.24) is 14.7 Å². The molecule has 1 heterocycles. The monoisotopic (exact) mass is 345 g/mol. The van der Waals surface area contributed by atoms with Crippen molar-refractivity contribution in [3.05, 3.63) is 59.9 Å². The third-order valence-corrected chi connectivity index (χ3v) is 3.40. The molecule has 6 nitrogen and oxygen atoms in total. The summed E-state index contributed by atoms with van der Waals surface area (Å²) < 4.78 is 27.2. The molecule has 2 rings (SSSR count). The van der Waals surface area contributed by atoms with E-state index in [1.807, 2.05) is 6.07 Å². The van der Waals surface area contributed by atoms with Gasteiger partial charge in [-0.15, -0.1) is 6.58 Å². The van der Waals surface area contributed by atoms with Gasteiger partial charge in [-0.25, -0.2) is 13.6 Å². The number of urea groups is 1. The summed E-state index contributed by atoms with van der Waals surface area (Å²) in [5.74, 6) is 0. The zero-order chi connectivity index (χ0) is 18.4. The minimum atomic E-state index is -2.79. The van der Waals surface area contributed by atoms with E-state index in [9.17, 15) is 13.6 Å². The minimum absolute atomic E-state index is 0.0311. The lowest BCUT2D eigenvalue weighted by molar-refractivity contribution is 0.146. The van der Waals surface area contributed by atoms with E-state index in [0.29, 0.717) is 5.56 Å². The zero-order valence-electron chi connectivity index (χ0n) is 13.6. The van der Waals surface area contributed by atoms with Crippen LogP contribution < -0.4 is 5.32 Å². The molecule has 0 saturated heterocycles. The Morgan fingerprint density at radius 3 is 2.72 bits per heavy atom. The van der Waals surface area contributed by atoms with Crippen molar-refractivity contribution in [2.45, 2.75) is 13.0 Å². The Morgan fingerprint density at radius 2 is 2.16 bits per heavy atom. The van der Waals surface area contributed by atoms with E-state index in [-0.39, 0.29) is 18.8 Å². The predicted molar refractivity (Wildman–Crippen MR) is 88.9 cm³/mol. The second kappa shape index (κ2) is 8.06. The third kappa shape index (κ3) is 4.64. The normalized spacial score (nSPS) is 10.4. The van der Waals surface area contributed by atoms with E-state index < -0.39 is 18.2 Å². The minimum Gasteiger partial charge on any atom is -0.316 e. The van der Waals surface area contributed by atoms with Crippen LogP contribution in [-0.4, -0.2) is 27.3 Å². The number of aromatic nitrogens is 2.